The lowest BCUT2D eigenvalue weighted by Crippen LogP contribution is -2.52. The summed E-state index contributed by atoms with van der Waals surface area (Å²) < 4.78 is 0. The van der Waals surface area contributed by atoms with Crippen LogP contribution in [0.5, 0.6) is 0 Å². The van der Waals surface area contributed by atoms with E-state index >= 15 is 0 Å². The fraction of sp³-hybridized carbons (Fsp3) is 0.600. The molecule has 1 N–H and O–H groups in total. The Kier molecular flexibility index (Phi) is 4.75. The van der Waals surface area contributed by atoms with E-state index in [0.29, 0.717) is 6.04 Å². The Balaban J connectivity index is 1.86. The molecule has 0 spiro atoms. The van der Waals surface area contributed by atoms with Gasteiger partial charge in [0.1, 0.15) is 0 Å². The Morgan fingerprint density at radius 2 is 2.00 bits per heavy atom. The molecule has 1 aliphatic heterocycles. The molecular weight excluding hydrogens is 224 g/mol. The van der Waals surface area contributed by atoms with Crippen molar-refractivity contribution in [2.24, 2.45) is 0 Å². The van der Waals surface area contributed by atoms with Gasteiger partial charge in [-0.15, -0.1) is 0 Å². The maximum absolute atomic E-state index is 9.44. The highest BCUT2D eigenvalue weighted by Crippen LogP contribution is 2.13. The van der Waals surface area contributed by atoms with Gasteiger partial charge in [-0.2, -0.15) is 0 Å². The van der Waals surface area contributed by atoms with Gasteiger partial charge in [-0.05, 0) is 19.4 Å². The molecule has 1 aromatic rings. The monoisotopic (exact) mass is 248 g/mol. The Morgan fingerprint density at radius 3 is 2.61 bits per heavy atom. The van der Waals surface area contributed by atoms with Crippen LogP contribution in [-0.4, -0.2) is 53.2 Å². The molecule has 1 aromatic carbocycles. The molecule has 1 heterocycles. The van der Waals surface area contributed by atoms with Crippen molar-refractivity contribution in [1.82, 2.24) is 9.80 Å². The summed E-state index contributed by atoms with van der Waals surface area (Å²) in [5.41, 5.74) is 1.38. The molecule has 2 rings (SSSR count). The van der Waals surface area contributed by atoms with Crippen LogP contribution in [0.1, 0.15) is 19.4 Å². The summed E-state index contributed by atoms with van der Waals surface area (Å²) in [7, 11) is 0. The Labute approximate surface area is 110 Å². The summed E-state index contributed by atoms with van der Waals surface area (Å²) >= 11 is 0. The van der Waals surface area contributed by atoms with Crippen LogP contribution in [0.4, 0.5) is 0 Å². The molecule has 1 fully saturated rings. The zero-order valence-corrected chi connectivity index (χ0v) is 11.4. The number of β-amino-alcohol motifs (C(OH)–C–C–N with tert-alkyl or cyclic N) is 1. The summed E-state index contributed by atoms with van der Waals surface area (Å²) in [6.07, 6.45) is -0.224. The largest absolute Gasteiger partial charge is 0.392 e. The van der Waals surface area contributed by atoms with Crippen LogP contribution in [-0.2, 0) is 6.54 Å². The minimum absolute atomic E-state index is 0.224. The van der Waals surface area contributed by atoms with Gasteiger partial charge in [0.15, 0.2) is 0 Å². The first-order chi connectivity index (χ1) is 8.65. The van der Waals surface area contributed by atoms with Crippen molar-refractivity contribution >= 4 is 0 Å². The highest BCUT2D eigenvalue weighted by atomic mass is 16.3. The van der Waals surface area contributed by atoms with Crippen LogP contribution < -0.4 is 0 Å². The second-order valence-corrected chi connectivity index (χ2v) is 5.41. The van der Waals surface area contributed by atoms with Crippen LogP contribution >= 0.6 is 0 Å². The number of rotatable bonds is 4. The molecule has 3 nitrogen and oxygen atoms in total. The van der Waals surface area contributed by atoms with Crippen LogP contribution in [0.2, 0.25) is 0 Å². The van der Waals surface area contributed by atoms with Crippen molar-refractivity contribution in [3.8, 4) is 0 Å². The van der Waals surface area contributed by atoms with Crippen LogP contribution in [0, 0.1) is 0 Å². The van der Waals surface area contributed by atoms with Gasteiger partial charge >= 0.3 is 0 Å². The summed E-state index contributed by atoms with van der Waals surface area (Å²) in [4.78, 5) is 4.88. The van der Waals surface area contributed by atoms with Crippen LogP contribution in [0.25, 0.3) is 0 Å². The predicted molar refractivity (Wildman–Crippen MR) is 74.4 cm³/mol. The smallest absolute Gasteiger partial charge is 0.0639 e. The molecular formula is C15H24N2O. The maximum Gasteiger partial charge on any atom is 0.0639 e. The molecule has 0 aromatic heterocycles. The van der Waals surface area contributed by atoms with Crippen molar-refractivity contribution in [3.05, 3.63) is 35.9 Å². The Hall–Kier alpha value is -0.900. The third kappa shape index (κ3) is 3.80. The lowest BCUT2D eigenvalue weighted by atomic mass is 10.1. The molecule has 2 unspecified atom stereocenters. The molecule has 100 valence electrons. The zero-order valence-electron chi connectivity index (χ0n) is 11.4. The molecule has 1 aliphatic rings. The molecule has 0 bridgehead atoms. The third-order valence-electron chi connectivity index (χ3n) is 3.60. The number of piperazine rings is 1. The molecule has 3 heteroatoms. The van der Waals surface area contributed by atoms with Gasteiger partial charge in [0.05, 0.1) is 6.10 Å². The van der Waals surface area contributed by atoms with Gasteiger partial charge < -0.3 is 5.11 Å². The Bertz CT molecular complexity index is 353. The fourth-order valence-electron chi connectivity index (χ4n) is 2.66. The number of benzene rings is 1. The van der Waals surface area contributed by atoms with E-state index in [4.69, 9.17) is 0 Å². The number of aliphatic hydroxyl groups excluding tert-OH is 1. The van der Waals surface area contributed by atoms with Crippen molar-refractivity contribution < 1.29 is 5.11 Å². The second kappa shape index (κ2) is 6.32. The van der Waals surface area contributed by atoms with Crippen molar-refractivity contribution in [1.29, 1.82) is 0 Å². The van der Waals surface area contributed by atoms with Crippen LogP contribution in [0.3, 0.4) is 0 Å². The van der Waals surface area contributed by atoms with Crippen molar-refractivity contribution in [3.63, 3.8) is 0 Å². The number of hydrogen-bond acceptors (Lipinski definition) is 3. The maximum atomic E-state index is 9.44. The van der Waals surface area contributed by atoms with Gasteiger partial charge in [-0.25, -0.2) is 0 Å². The third-order valence-corrected chi connectivity index (χ3v) is 3.60. The van der Waals surface area contributed by atoms with Crippen molar-refractivity contribution in [2.75, 3.05) is 26.2 Å². The lowest BCUT2D eigenvalue weighted by Gasteiger charge is -2.40. The molecule has 0 saturated carbocycles. The van der Waals surface area contributed by atoms with Gasteiger partial charge in [-0.1, -0.05) is 30.3 Å². The molecule has 0 amide bonds. The van der Waals surface area contributed by atoms with E-state index in [1.54, 1.807) is 0 Å². The molecule has 1 saturated heterocycles. The van der Waals surface area contributed by atoms with E-state index in [2.05, 4.69) is 47.1 Å². The quantitative estimate of drug-likeness (QED) is 0.876. The highest BCUT2D eigenvalue weighted by Gasteiger charge is 2.23. The molecule has 0 radical (unpaired) electrons. The standard InChI is InChI=1S/C15H24N2O/c1-13-10-16(11-14(2)18)8-9-17(13)12-15-6-4-3-5-7-15/h3-7,13-14,18H,8-12H2,1-2H3. The van der Waals surface area contributed by atoms with Gasteiger partial charge in [0, 0.05) is 38.8 Å². The second-order valence-electron chi connectivity index (χ2n) is 5.41. The van der Waals surface area contributed by atoms with Gasteiger partial charge in [0.25, 0.3) is 0 Å². The van der Waals surface area contributed by atoms with Crippen molar-refractivity contribution in [2.45, 2.75) is 32.5 Å². The normalized spacial score (nSPS) is 24.1. The van der Waals surface area contributed by atoms with E-state index < -0.39 is 0 Å². The summed E-state index contributed by atoms with van der Waals surface area (Å²) in [6.45, 7) is 9.16. The summed E-state index contributed by atoms with van der Waals surface area (Å²) in [6, 6.07) is 11.2. The number of hydrogen-bond donors (Lipinski definition) is 1. The first-order valence-corrected chi connectivity index (χ1v) is 6.83. The summed E-state index contributed by atoms with van der Waals surface area (Å²) in [5, 5.41) is 9.44. The van der Waals surface area contributed by atoms with E-state index in [1.807, 2.05) is 6.92 Å². The summed E-state index contributed by atoms with van der Waals surface area (Å²) in [5.74, 6) is 0. The van der Waals surface area contributed by atoms with E-state index in [9.17, 15) is 5.11 Å². The van der Waals surface area contributed by atoms with Gasteiger partial charge in [0.2, 0.25) is 0 Å². The van der Waals surface area contributed by atoms with Crippen LogP contribution in [0.15, 0.2) is 30.3 Å². The molecule has 2 atom stereocenters. The molecule has 0 aliphatic carbocycles. The van der Waals surface area contributed by atoms with E-state index in [1.165, 1.54) is 5.56 Å². The number of nitrogens with zero attached hydrogens (tertiary/aromatic N) is 2. The van der Waals surface area contributed by atoms with E-state index in [0.717, 1.165) is 32.7 Å². The molecule has 18 heavy (non-hydrogen) atoms. The minimum atomic E-state index is -0.224. The zero-order chi connectivity index (χ0) is 13.0. The first-order valence-electron chi connectivity index (χ1n) is 6.83. The lowest BCUT2D eigenvalue weighted by molar-refractivity contribution is 0.0472. The Morgan fingerprint density at radius 1 is 1.28 bits per heavy atom. The van der Waals surface area contributed by atoms with E-state index in [-0.39, 0.29) is 6.10 Å². The average molecular weight is 248 g/mol. The van der Waals surface area contributed by atoms with Gasteiger partial charge in [-0.3, -0.25) is 9.80 Å². The topological polar surface area (TPSA) is 26.7 Å². The number of aliphatic hydroxyl groups is 1. The SMILES string of the molecule is CC(O)CN1CCN(Cc2ccccc2)C(C)C1. The first kappa shape index (κ1) is 13.5. The predicted octanol–water partition coefficient (Wildman–Crippen LogP) is 1.57. The average Bonchev–Trinajstić information content (AvgIpc) is 2.33. The minimum Gasteiger partial charge on any atom is -0.392 e. The highest BCUT2D eigenvalue weighted by molar-refractivity contribution is 5.14. The fourth-order valence-corrected chi connectivity index (χ4v) is 2.66.